The van der Waals surface area contributed by atoms with Crippen molar-refractivity contribution in [1.82, 2.24) is 9.13 Å². The molecule has 0 fully saturated rings. The van der Waals surface area contributed by atoms with E-state index in [1.54, 1.807) is 0 Å². The highest BCUT2D eigenvalue weighted by molar-refractivity contribution is 6.30. The molecule has 9 aromatic carbocycles. The largest absolute Gasteiger partial charge is 0.309 e. The summed E-state index contributed by atoms with van der Waals surface area (Å²) in [4.78, 5) is 0. The molecule has 0 amide bonds. The van der Waals surface area contributed by atoms with Gasteiger partial charge < -0.3 is 9.13 Å². The molecule has 0 saturated carbocycles. The summed E-state index contributed by atoms with van der Waals surface area (Å²) >= 11 is 0. The molecular weight excluding hydrogens is 641 g/mol. The van der Waals surface area contributed by atoms with Crippen LogP contribution in [0.5, 0.6) is 0 Å². The topological polar surface area (TPSA) is 9.86 Å². The zero-order chi connectivity index (χ0) is 34.5. The van der Waals surface area contributed by atoms with E-state index in [-0.39, 0.29) is 0 Å². The molecule has 2 aliphatic rings. The van der Waals surface area contributed by atoms with Crippen LogP contribution < -0.4 is 0 Å². The second-order valence-electron chi connectivity index (χ2n) is 14.9. The number of hydrogen-bond donors (Lipinski definition) is 0. The van der Waals surface area contributed by atoms with Crippen LogP contribution in [-0.2, 0) is 0 Å². The smallest absolute Gasteiger partial charge is 0.0553 e. The zero-order valence-electron chi connectivity index (χ0n) is 29.0. The molecule has 0 N–H and O–H groups in total. The lowest BCUT2D eigenvalue weighted by Gasteiger charge is -2.15. The van der Waals surface area contributed by atoms with Crippen molar-refractivity contribution in [2.75, 3.05) is 0 Å². The van der Waals surface area contributed by atoms with Crippen molar-refractivity contribution in [2.24, 2.45) is 0 Å². The van der Waals surface area contributed by atoms with Gasteiger partial charge in [0.15, 0.2) is 0 Å². The summed E-state index contributed by atoms with van der Waals surface area (Å²) in [6.07, 6.45) is 0. The fourth-order valence-corrected chi connectivity index (χ4v) is 10.2. The van der Waals surface area contributed by atoms with Gasteiger partial charge in [-0.25, -0.2) is 0 Å². The number of hydrogen-bond acceptors (Lipinski definition) is 0. The Labute approximate surface area is 305 Å². The molecule has 0 spiro atoms. The molecule has 11 aromatic rings. The number of aryl methyl sites for hydroxylation is 1. The Kier molecular flexibility index (Phi) is 5.08. The number of rotatable bonds is 2. The number of fused-ring (bicyclic) bond motifs is 14. The van der Waals surface area contributed by atoms with E-state index in [0.29, 0.717) is 0 Å². The van der Waals surface area contributed by atoms with Crippen LogP contribution in [0.3, 0.4) is 0 Å². The maximum Gasteiger partial charge on any atom is 0.0553 e. The minimum absolute atomic E-state index is 1.17. The van der Waals surface area contributed by atoms with Crippen LogP contribution in [0.1, 0.15) is 5.56 Å². The molecule has 0 saturated heterocycles. The summed E-state index contributed by atoms with van der Waals surface area (Å²) in [5.74, 6) is 0. The van der Waals surface area contributed by atoms with Gasteiger partial charge in [-0.2, -0.15) is 0 Å². The molecule has 0 atom stereocenters. The van der Waals surface area contributed by atoms with Crippen molar-refractivity contribution >= 4 is 65.2 Å². The molecule has 2 heteroatoms. The highest BCUT2D eigenvalue weighted by Gasteiger charge is 2.27. The van der Waals surface area contributed by atoms with Crippen LogP contribution in [0.15, 0.2) is 164 Å². The first-order valence-corrected chi connectivity index (χ1v) is 18.5. The summed E-state index contributed by atoms with van der Waals surface area (Å²) in [6.45, 7) is 2.24. The van der Waals surface area contributed by atoms with Gasteiger partial charge in [0, 0.05) is 32.9 Å². The van der Waals surface area contributed by atoms with Crippen LogP contribution in [0, 0.1) is 6.92 Å². The van der Waals surface area contributed by atoms with Gasteiger partial charge in [-0.15, -0.1) is 0 Å². The lowest BCUT2D eigenvalue weighted by molar-refractivity contribution is 1.12. The van der Waals surface area contributed by atoms with Crippen LogP contribution in [-0.4, -0.2) is 9.13 Å². The monoisotopic (exact) mass is 670 g/mol. The molecule has 244 valence electrons. The number of benzene rings is 9. The molecule has 13 rings (SSSR count). The van der Waals surface area contributed by atoms with Gasteiger partial charge in [0.05, 0.1) is 22.1 Å². The van der Waals surface area contributed by atoms with E-state index in [0.717, 1.165) is 0 Å². The third kappa shape index (κ3) is 3.39. The van der Waals surface area contributed by atoms with Gasteiger partial charge >= 0.3 is 0 Å². The highest BCUT2D eigenvalue weighted by Crippen LogP contribution is 2.53. The summed E-state index contributed by atoms with van der Waals surface area (Å²) in [5, 5.41) is 10.6. The number of aromatic nitrogens is 2. The van der Waals surface area contributed by atoms with Crippen molar-refractivity contribution < 1.29 is 0 Å². The van der Waals surface area contributed by atoms with Gasteiger partial charge in [-0.1, -0.05) is 121 Å². The zero-order valence-corrected chi connectivity index (χ0v) is 29.0. The Bertz CT molecular complexity index is 3230. The molecule has 0 unspecified atom stereocenters. The molecule has 2 nitrogen and oxygen atoms in total. The quantitative estimate of drug-likeness (QED) is 0.173. The van der Waals surface area contributed by atoms with E-state index < -0.39 is 0 Å². The summed E-state index contributed by atoms with van der Waals surface area (Å²) in [5.41, 5.74) is 19.1. The predicted octanol–water partition coefficient (Wildman–Crippen LogP) is 13.8. The first-order chi connectivity index (χ1) is 26.2. The van der Waals surface area contributed by atoms with E-state index in [1.165, 1.54) is 127 Å². The molecule has 2 aliphatic carbocycles. The molecule has 0 bridgehead atoms. The molecule has 0 radical (unpaired) electrons. The Morgan fingerprint density at radius 1 is 0.283 bits per heavy atom. The third-order valence-electron chi connectivity index (χ3n) is 12.2. The van der Waals surface area contributed by atoms with Crippen LogP contribution in [0.2, 0.25) is 0 Å². The molecular formula is C51H30N2. The first-order valence-electron chi connectivity index (χ1n) is 18.5. The maximum atomic E-state index is 2.51. The Morgan fingerprint density at radius 3 is 1.13 bits per heavy atom. The fourth-order valence-electron chi connectivity index (χ4n) is 10.2. The van der Waals surface area contributed by atoms with E-state index in [1.807, 2.05) is 0 Å². The van der Waals surface area contributed by atoms with Crippen molar-refractivity contribution in [3.63, 3.8) is 0 Å². The van der Waals surface area contributed by atoms with E-state index in [9.17, 15) is 0 Å². The summed E-state index contributed by atoms with van der Waals surface area (Å²) in [7, 11) is 0. The normalized spacial score (nSPS) is 12.6. The second kappa shape index (κ2) is 9.70. The minimum atomic E-state index is 1.17. The molecule has 53 heavy (non-hydrogen) atoms. The lowest BCUT2D eigenvalue weighted by atomic mass is 9.98. The van der Waals surface area contributed by atoms with Crippen molar-refractivity contribution in [3.05, 3.63) is 169 Å². The Balaban J connectivity index is 1.14. The maximum absolute atomic E-state index is 2.51. The summed E-state index contributed by atoms with van der Waals surface area (Å²) in [6, 6.07) is 61.4. The standard InChI is InChI=1S/C51H30N2/c1-29-24-30(52-44-22-8-6-16-38(44)50-40-20-10-18-36-32-12-2-4-14-34(32)42(48(36)40)27-46(50)52)26-31(25-29)53-45-23-9-7-17-39(45)51-41-21-11-19-37-33-13-3-5-15-35(33)43(49(37)41)28-47(51)53/h2-28H,1H3. The SMILES string of the molecule is Cc1cc(-n2c3ccccc3c3c4cccc5c4c(cc32)-c2ccccc2-5)cc(-n2c3ccccc3c3c4cccc5c4c(cc32)-c2ccccc2-5)c1. The van der Waals surface area contributed by atoms with Crippen molar-refractivity contribution in [3.8, 4) is 55.9 Å². The van der Waals surface area contributed by atoms with Crippen LogP contribution in [0.25, 0.3) is 121 Å². The summed E-state index contributed by atoms with van der Waals surface area (Å²) < 4.78 is 5.02. The second-order valence-corrected chi connectivity index (χ2v) is 14.9. The van der Waals surface area contributed by atoms with Gasteiger partial charge in [0.2, 0.25) is 0 Å². The predicted molar refractivity (Wildman–Crippen MR) is 224 cm³/mol. The van der Waals surface area contributed by atoms with Crippen molar-refractivity contribution in [1.29, 1.82) is 0 Å². The molecule has 2 heterocycles. The van der Waals surface area contributed by atoms with Crippen LogP contribution >= 0.6 is 0 Å². The average Bonchev–Trinajstić information content (AvgIpc) is 3.92. The van der Waals surface area contributed by atoms with Crippen molar-refractivity contribution in [2.45, 2.75) is 6.92 Å². The number of nitrogens with zero attached hydrogens (tertiary/aromatic N) is 2. The third-order valence-corrected chi connectivity index (χ3v) is 12.2. The molecule has 0 aliphatic heterocycles. The fraction of sp³-hybridized carbons (Fsp3) is 0.0196. The van der Waals surface area contributed by atoms with Crippen LogP contribution in [0.4, 0.5) is 0 Å². The van der Waals surface area contributed by atoms with E-state index in [4.69, 9.17) is 0 Å². The van der Waals surface area contributed by atoms with Gasteiger partial charge in [-0.3, -0.25) is 0 Å². The van der Waals surface area contributed by atoms with Gasteiger partial charge in [0.1, 0.15) is 0 Å². The number of para-hydroxylation sites is 2. The van der Waals surface area contributed by atoms with Gasteiger partial charge in [-0.05, 0) is 121 Å². The van der Waals surface area contributed by atoms with E-state index >= 15 is 0 Å². The van der Waals surface area contributed by atoms with E-state index in [2.05, 4.69) is 180 Å². The Hall–Kier alpha value is -6.90. The first kappa shape index (κ1) is 27.8. The lowest BCUT2D eigenvalue weighted by Crippen LogP contribution is -2.00. The average molecular weight is 671 g/mol. The highest BCUT2D eigenvalue weighted by atomic mass is 15.0. The minimum Gasteiger partial charge on any atom is -0.309 e. The molecule has 2 aromatic heterocycles. The Morgan fingerprint density at radius 2 is 0.660 bits per heavy atom. The van der Waals surface area contributed by atoms with Gasteiger partial charge in [0.25, 0.3) is 0 Å².